The van der Waals surface area contributed by atoms with Gasteiger partial charge < -0.3 is 15.5 Å². The number of hydrogen-bond acceptors (Lipinski definition) is 2. The van der Waals surface area contributed by atoms with E-state index in [0.29, 0.717) is 12.1 Å². The molecule has 3 N–H and O–H groups in total. The van der Waals surface area contributed by atoms with Crippen LogP contribution in [0.15, 0.2) is 36.4 Å². The van der Waals surface area contributed by atoms with Crippen molar-refractivity contribution in [1.82, 2.24) is 5.32 Å². The third-order valence-corrected chi connectivity index (χ3v) is 3.72. The number of amides is 2. The van der Waals surface area contributed by atoms with Gasteiger partial charge in [-0.2, -0.15) is 0 Å². The Morgan fingerprint density at radius 3 is 2.27 bits per heavy atom. The third-order valence-electron chi connectivity index (χ3n) is 3.72. The van der Waals surface area contributed by atoms with Gasteiger partial charge in [0.2, 0.25) is 0 Å². The highest BCUT2D eigenvalue weighted by Crippen LogP contribution is 2.19. The molecule has 0 aliphatic carbocycles. The number of likely N-dealkylation sites (N-methyl/N-ethyl adjacent to an activating group) is 1. The van der Waals surface area contributed by atoms with Crippen LogP contribution in [0.1, 0.15) is 15.9 Å². The quantitative estimate of drug-likeness (QED) is 0.671. The first kappa shape index (κ1) is 19.5. The molecule has 26 heavy (non-hydrogen) atoms. The highest BCUT2D eigenvalue weighted by Gasteiger charge is 2.17. The summed E-state index contributed by atoms with van der Waals surface area (Å²) in [5.41, 5.74) is 1.03. The lowest BCUT2D eigenvalue weighted by molar-refractivity contribution is -0.885. The first-order chi connectivity index (χ1) is 12.3. The first-order valence-electron chi connectivity index (χ1n) is 7.87. The van der Waals surface area contributed by atoms with E-state index in [9.17, 15) is 22.8 Å². The van der Waals surface area contributed by atoms with E-state index in [1.807, 2.05) is 0 Å². The van der Waals surface area contributed by atoms with Crippen LogP contribution in [0.25, 0.3) is 0 Å². The predicted molar refractivity (Wildman–Crippen MR) is 90.2 cm³/mol. The fourth-order valence-corrected chi connectivity index (χ4v) is 2.42. The van der Waals surface area contributed by atoms with Crippen LogP contribution in [0.2, 0.25) is 0 Å². The van der Waals surface area contributed by atoms with Gasteiger partial charge in [0.15, 0.2) is 24.0 Å². The highest BCUT2D eigenvalue weighted by molar-refractivity contribution is 5.94. The summed E-state index contributed by atoms with van der Waals surface area (Å²) in [6.45, 7) is 0.483. The van der Waals surface area contributed by atoms with Gasteiger partial charge in [0.1, 0.15) is 6.54 Å². The van der Waals surface area contributed by atoms with Crippen LogP contribution in [-0.2, 0) is 11.3 Å². The lowest BCUT2D eigenvalue weighted by Gasteiger charge is -2.14. The molecule has 2 rings (SSSR count). The molecule has 1 unspecified atom stereocenters. The van der Waals surface area contributed by atoms with Crippen molar-refractivity contribution in [3.05, 3.63) is 65.0 Å². The molecular formula is C18H19F3N3O2+. The normalized spacial score (nSPS) is 11.7. The van der Waals surface area contributed by atoms with E-state index >= 15 is 0 Å². The van der Waals surface area contributed by atoms with E-state index in [-0.39, 0.29) is 12.5 Å². The number of rotatable bonds is 6. The first-order valence-corrected chi connectivity index (χ1v) is 7.87. The summed E-state index contributed by atoms with van der Waals surface area (Å²) in [6, 6.07) is 8.63. The highest BCUT2D eigenvalue weighted by atomic mass is 19.2. The SMILES string of the molecule is CNC(=O)c1ccc(C[NH+](C)CC(=O)Nc2ccc(F)c(F)c2F)cc1. The van der Waals surface area contributed by atoms with Gasteiger partial charge in [0.05, 0.1) is 12.7 Å². The predicted octanol–water partition coefficient (Wildman–Crippen LogP) is 1.12. The lowest BCUT2D eigenvalue weighted by Crippen LogP contribution is -3.08. The van der Waals surface area contributed by atoms with Crippen LogP contribution < -0.4 is 15.5 Å². The van der Waals surface area contributed by atoms with Gasteiger partial charge in [-0.25, -0.2) is 13.2 Å². The zero-order valence-corrected chi connectivity index (χ0v) is 14.3. The maximum atomic E-state index is 13.6. The molecule has 0 aliphatic rings. The number of quaternary nitrogens is 1. The van der Waals surface area contributed by atoms with Gasteiger partial charge in [-0.1, -0.05) is 12.1 Å². The van der Waals surface area contributed by atoms with E-state index in [1.165, 1.54) is 0 Å². The minimum atomic E-state index is -1.63. The van der Waals surface area contributed by atoms with Gasteiger partial charge in [-0.05, 0) is 24.3 Å². The molecule has 2 amide bonds. The van der Waals surface area contributed by atoms with Crippen LogP contribution in [0.4, 0.5) is 18.9 Å². The molecule has 2 aromatic rings. The molecule has 0 saturated carbocycles. The van der Waals surface area contributed by atoms with Crippen molar-refractivity contribution in [2.45, 2.75) is 6.54 Å². The molecule has 0 saturated heterocycles. The minimum absolute atomic E-state index is 0.00433. The number of halogens is 3. The van der Waals surface area contributed by atoms with Gasteiger partial charge in [0.25, 0.3) is 11.8 Å². The lowest BCUT2D eigenvalue weighted by atomic mass is 10.1. The Bertz CT molecular complexity index is 810. The molecule has 5 nitrogen and oxygen atoms in total. The van der Waals surface area contributed by atoms with E-state index in [2.05, 4.69) is 10.6 Å². The van der Waals surface area contributed by atoms with Crippen molar-refractivity contribution < 1.29 is 27.7 Å². The molecule has 0 spiro atoms. The summed E-state index contributed by atoms with van der Waals surface area (Å²) in [7, 11) is 3.30. The summed E-state index contributed by atoms with van der Waals surface area (Å²) in [5.74, 6) is -5.09. The molecule has 2 aromatic carbocycles. The van der Waals surface area contributed by atoms with Crippen LogP contribution in [0, 0.1) is 17.5 Å². The maximum absolute atomic E-state index is 13.6. The van der Waals surface area contributed by atoms with E-state index in [4.69, 9.17) is 0 Å². The molecule has 138 valence electrons. The second-order valence-corrected chi connectivity index (χ2v) is 5.86. The van der Waals surface area contributed by atoms with Crippen molar-refractivity contribution >= 4 is 17.5 Å². The Labute approximate surface area is 148 Å². The number of nitrogens with one attached hydrogen (secondary N) is 3. The summed E-state index contributed by atoms with van der Waals surface area (Å²) < 4.78 is 39.6. The standard InChI is InChI=1S/C18H18F3N3O2/c1-22-18(26)12-5-3-11(4-6-12)9-24(2)10-15(25)23-14-8-7-13(19)16(20)17(14)21/h3-8H,9-10H2,1-2H3,(H,22,26)(H,23,25)/p+1. The van der Waals surface area contributed by atoms with E-state index < -0.39 is 29.0 Å². The fourth-order valence-electron chi connectivity index (χ4n) is 2.42. The fraction of sp³-hybridized carbons (Fsp3) is 0.222. The number of anilines is 1. The zero-order valence-electron chi connectivity index (χ0n) is 14.3. The van der Waals surface area contributed by atoms with Gasteiger partial charge in [-0.15, -0.1) is 0 Å². The Kier molecular flexibility index (Phi) is 6.35. The summed E-state index contributed by atoms with van der Waals surface area (Å²) in [4.78, 5) is 24.3. The van der Waals surface area contributed by atoms with Gasteiger partial charge in [-0.3, -0.25) is 9.59 Å². The van der Waals surface area contributed by atoms with Crippen molar-refractivity contribution in [2.24, 2.45) is 0 Å². The summed E-state index contributed by atoms with van der Waals surface area (Å²) in [5, 5.41) is 4.76. The Balaban J connectivity index is 1.93. The molecule has 8 heteroatoms. The van der Waals surface area contributed by atoms with E-state index in [1.54, 1.807) is 38.4 Å². The van der Waals surface area contributed by atoms with Crippen LogP contribution in [0.3, 0.4) is 0 Å². The minimum Gasteiger partial charge on any atom is -0.355 e. The second kappa shape index (κ2) is 8.48. The van der Waals surface area contributed by atoms with Crippen LogP contribution in [0.5, 0.6) is 0 Å². The van der Waals surface area contributed by atoms with Crippen molar-refractivity contribution in [2.75, 3.05) is 26.0 Å². The Morgan fingerprint density at radius 1 is 1.00 bits per heavy atom. The van der Waals surface area contributed by atoms with Gasteiger partial charge in [0, 0.05) is 18.2 Å². The average molecular weight is 366 g/mol. The van der Waals surface area contributed by atoms with Crippen molar-refractivity contribution in [3.8, 4) is 0 Å². The second-order valence-electron chi connectivity index (χ2n) is 5.86. The Morgan fingerprint density at radius 2 is 1.65 bits per heavy atom. The van der Waals surface area contributed by atoms with Crippen molar-refractivity contribution in [3.63, 3.8) is 0 Å². The Hall–Kier alpha value is -2.87. The molecule has 0 fully saturated rings. The third kappa shape index (κ3) is 4.82. The maximum Gasteiger partial charge on any atom is 0.279 e. The van der Waals surface area contributed by atoms with E-state index in [0.717, 1.165) is 22.6 Å². The summed E-state index contributed by atoms with van der Waals surface area (Å²) >= 11 is 0. The molecule has 0 heterocycles. The average Bonchev–Trinajstić information content (AvgIpc) is 2.62. The molecule has 1 atom stereocenters. The molecule has 0 bridgehead atoms. The number of carbonyl (C=O) groups is 2. The molecule has 0 radical (unpaired) electrons. The monoisotopic (exact) mass is 366 g/mol. The van der Waals surface area contributed by atoms with Crippen molar-refractivity contribution in [1.29, 1.82) is 0 Å². The molecule has 0 aliphatic heterocycles. The van der Waals surface area contributed by atoms with Crippen LogP contribution in [-0.4, -0.2) is 32.5 Å². The zero-order chi connectivity index (χ0) is 19.3. The number of benzene rings is 2. The smallest absolute Gasteiger partial charge is 0.279 e. The molecular weight excluding hydrogens is 347 g/mol. The number of hydrogen-bond donors (Lipinski definition) is 3. The topological polar surface area (TPSA) is 62.6 Å². The summed E-state index contributed by atoms with van der Waals surface area (Å²) in [6.07, 6.45) is 0. The van der Waals surface area contributed by atoms with Crippen LogP contribution >= 0.6 is 0 Å². The largest absolute Gasteiger partial charge is 0.355 e. The molecule has 0 aromatic heterocycles. The number of carbonyl (C=O) groups excluding carboxylic acids is 2. The van der Waals surface area contributed by atoms with Gasteiger partial charge >= 0.3 is 0 Å².